The lowest BCUT2D eigenvalue weighted by molar-refractivity contribution is -0.114. The van der Waals surface area contributed by atoms with Crippen LogP contribution in [-0.4, -0.2) is 16.8 Å². The quantitative estimate of drug-likeness (QED) is 0.878. The number of halogens is 1. The molecule has 2 aromatic rings. The second-order valence-electron chi connectivity index (χ2n) is 4.88. The number of nitrogens with one attached hydrogen (secondary N) is 2. The van der Waals surface area contributed by atoms with Crippen molar-refractivity contribution in [2.75, 3.05) is 5.32 Å². The fraction of sp³-hybridized carbons (Fsp3) is 0.188. The van der Waals surface area contributed by atoms with E-state index in [1.54, 1.807) is 12.1 Å². The van der Waals surface area contributed by atoms with Gasteiger partial charge in [0.1, 0.15) is 11.5 Å². The first-order valence-corrected chi connectivity index (χ1v) is 7.53. The van der Waals surface area contributed by atoms with Gasteiger partial charge in [0.25, 0.3) is 5.91 Å². The maximum atomic E-state index is 12.2. The summed E-state index contributed by atoms with van der Waals surface area (Å²) in [5.41, 5.74) is 2.41. The molecule has 0 fully saturated rings. The number of amides is 2. The predicted molar refractivity (Wildman–Crippen MR) is 88.6 cm³/mol. The largest absolute Gasteiger partial charge is 0.347 e. The summed E-state index contributed by atoms with van der Waals surface area (Å²) in [5.74, 6) is -0.198. The summed E-state index contributed by atoms with van der Waals surface area (Å²) in [6.45, 7) is 3.81. The molecule has 1 heterocycles. The maximum Gasteiger partial charge on any atom is 0.271 e. The molecule has 2 N–H and O–H groups in total. The van der Waals surface area contributed by atoms with Gasteiger partial charge in [-0.15, -0.1) is 0 Å². The van der Waals surface area contributed by atoms with Gasteiger partial charge < -0.3 is 10.6 Å². The zero-order valence-corrected chi connectivity index (χ0v) is 13.9. The first-order chi connectivity index (χ1) is 10.5. The summed E-state index contributed by atoms with van der Waals surface area (Å²) in [6, 6.07) is 11.2. The Morgan fingerprint density at radius 3 is 2.45 bits per heavy atom. The Labute approximate surface area is 137 Å². The van der Waals surface area contributed by atoms with Crippen molar-refractivity contribution in [1.82, 2.24) is 10.3 Å². The zero-order valence-electron chi connectivity index (χ0n) is 12.3. The number of hydrogen-bond acceptors (Lipinski definition) is 3. The smallest absolute Gasteiger partial charge is 0.271 e. The van der Waals surface area contributed by atoms with Crippen LogP contribution in [-0.2, 0) is 11.3 Å². The molecule has 0 saturated carbocycles. The minimum Gasteiger partial charge on any atom is -0.347 e. The van der Waals surface area contributed by atoms with Crippen molar-refractivity contribution in [2.45, 2.75) is 20.4 Å². The third-order valence-corrected chi connectivity index (χ3v) is 3.58. The third-order valence-electron chi connectivity index (χ3n) is 2.94. The molecule has 0 spiro atoms. The Hall–Kier alpha value is -2.21. The van der Waals surface area contributed by atoms with Crippen LogP contribution in [0.1, 0.15) is 28.5 Å². The van der Waals surface area contributed by atoms with Gasteiger partial charge in [-0.25, -0.2) is 4.98 Å². The van der Waals surface area contributed by atoms with Crippen LogP contribution in [0, 0.1) is 6.92 Å². The van der Waals surface area contributed by atoms with Crippen LogP contribution in [0.25, 0.3) is 0 Å². The van der Waals surface area contributed by atoms with Crippen molar-refractivity contribution < 1.29 is 9.59 Å². The first kappa shape index (κ1) is 16.2. The number of aryl methyl sites for hydroxylation is 1. The van der Waals surface area contributed by atoms with E-state index in [1.165, 1.54) is 12.5 Å². The van der Waals surface area contributed by atoms with E-state index in [1.807, 2.05) is 31.2 Å². The number of nitrogens with zero attached hydrogens (tertiary/aromatic N) is 1. The molecule has 0 aliphatic rings. The Morgan fingerprint density at radius 1 is 1.14 bits per heavy atom. The second kappa shape index (κ2) is 7.17. The average molecular weight is 362 g/mol. The van der Waals surface area contributed by atoms with Crippen molar-refractivity contribution in [3.8, 4) is 0 Å². The number of pyridine rings is 1. The Bertz CT molecular complexity index is 699. The summed E-state index contributed by atoms with van der Waals surface area (Å²) < 4.78 is 0.572. The number of rotatable bonds is 4. The van der Waals surface area contributed by atoms with E-state index in [4.69, 9.17) is 0 Å². The fourth-order valence-electron chi connectivity index (χ4n) is 1.82. The summed E-state index contributed by atoms with van der Waals surface area (Å²) in [6.07, 6.45) is 0. The molecule has 0 aliphatic heterocycles. The van der Waals surface area contributed by atoms with Crippen molar-refractivity contribution in [1.29, 1.82) is 0 Å². The summed E-state index contributed by atoms with van der Waals surface area (Å²) in [5, 5.41) is 5.37. The van der Waals surface area contributed by atoms with Crippen LogP contribution in [0.15, 0.2) is 40.9 Å². The van der Waals surface area contributed by atoms with E-state index >= 15 is 0 Å². The summed E-state index contributed by atoms with van der Waals surface area (Å²) >= 11 is 3.30. The predicted octanol–water partition coefficient (Wildman–Crippen LogP) is 3.04. The molecule has 22 heavy (non-hydrogen) atoms. The molecule has 6 heteroatoms. The highest BCUT2D eigenvalue weighted by atomic mass is 79.9. The molecule has 0 bridgehead atoms. The number of carbonyl (C=O) groups excluding carboxylic acids is 2. The average Bonchev–Trinajstić information content (AvgIpc) is 2.48. The van der Waals surface area contributed by atoms with Crippen LogP contribution in [0.2, 0.25) is 0 Å². The van der Waals surface area contributed by atoms with Crippen LogP contribution >= 0.6 is 15.9 Å². The van der Waals surface area contributed by atoms with Crippen LogP contribution in [0.5, 0.6) is 0 Å². The van der Waals surface area contributed by atoms with E-state index in [-0.39, 0.29) is 17.5 Å². The molecular formula is C16H16BrN3O2. The van der Waals surface area contributed by atoms with E-state index in [0.29, 0.717) is 16.8 Å². The molecule has 2 rings (SSSR count). The van der Waals surface area contributed by atoms with Gasteiger partial charge in [-0.05, 0) is 40.5 Å². The van der Waals surface area contributed by atoms with Gasteiger partial charge in [0.05, 0.1) is 0 Å². The van der Waals surface area contributed by atoms with Gasteiger partial charge in [-0.2, -0.15) is 0 Å². The van der Waals surface area contributed by atoms with E-state index in [0.717, 1.165) is 5.56 Å². The molecule has 0 radical (unpaired) electrons. The third kappa shape index (κ3) is 4.39. The zero-order chi connectivity index (χ0) is 16.1. The number of carbonyl (C=O) groups is 2. The van der Waals surface area contributed by atoms with Crippen molar-refractivity contribution >= 4 is 33.6 Å². The summed E-state index contributed by atoms with van der Waals surface area (Å²) in [4.78, 5) is 27.4. The Morgan fingerprint density at radius 2 is 1.82 bits per heavy atom. The number of hydrogen-bond donors (Lipinski definition) is 2. The lowest BCUT2D eigenvalue weighted by Crippen LogP contribution is -2.24. The maximum absolute atomic E-state index is 12.2. The first-order valence-electron chi connectivity index (χ1n) is 6.73. The lowest BCUT2D eigenvalue weighted by atomic mass is 10.1. The highest BCUT2D eigenvalue weighted by molar-refractivity contribution is 9.10. The number of benzene rings is 1. The second-order valence-corrected chi connectivity index (χ2v) is 5.73. The van der Waals surface area contributed by atoms with Crippen molar-refractivity contribution in [3.05, 3.63) is 57.7 Å². The molecule has 0 atom stereocenters. The van der Waals surface area contributed by atoms with Crippen LogP contribution in [0.4, 0.5) is 5.82 Å². The van der Waals surface area contributed by atoms with Gasteiger partial charge in [-0.1, -0.05) is 29.8 Å². The van der Waals surface area contributed by atoms with Gasteiger partial charge in [0.2, 0.25) is 5.91 Å². The molecule has 2 amide bonds. The lowest BCUT2D eigenvalue weighted by Gasteiger charge is -2.08. The Kier molecular flexibility index (Phi) is 5.27. The number of anilines is 1. The van der Waals surface area contributed by atoms with Gasteiger partial charge in [-0.3, -0.25) is 9.59 Å². The molecule has 1 aromatic carbocycles. The van der Waals surface area contributed by atoms with E-state index in [2.05, 4.69) is 31.5 Å². The molecule has 114 valence electrons. The summed E-state index contributed by atoms with van der Waals surface area (Å²) in [7, 11) is 0. The topological polar surface area (TPSA) is 71.1 Å². The molecule has 0 aliphatic carbocycles. The normalized spacial score (nSPS) is 10.1. The SMILES string of the molecule is CC(=O)Nc1ccc(Br)c(C(=O)NCc2ccc(C)cc2)n1. The van der Waals surface area contributed by atoms with Crippen LogP contribution in [0.3, 0.4) is 0 Å². The van der Waals surface area contributed by atoms with Gasteiger partial charge >= 0.3 is 0 Å². The van der Waals surface area contributed by atoms with E-state index in [9.17, 15) is 9.59 Å². The molecule has 1 aromatic heterocycles. The van der Waals surface area contributed by atoms with Crippen LogP contribution < -0.4 is 10.6 Å². The highest BCUT2D eigenvalue weighted by Gasteiger charge is 2.13. The Balaban J connectivity index is 2.08. The molecule has 0 unspecified atom stereocenters. The van der Waals surface area contributed by atoms with Gasteiger partial charge in [0, 0.05) is 17.9 Å². The van der Waals surface area contributed by atoms with Gasteiger partial charge in [0.15, 0.2) is 0 Å². The monoisotopic (exact) mass is 361 g/mol. The minimum absolute atomic E-state index is 0.235. The molecular weight excluding hydrogens is 346 g/mol. The number of aromatic nitrogens is 1. The van der Waals surface area contributed by atoms with Crippen molar-refractivity contribution in [3.63, 3.8) is 0 Å². The standard InChI is InChI=1S/C16H16BrN3O2/c1-10-3-5-12(6-4-10)9-18-16(22)15-13(17)7-8-14(20-15)19-11(2)21/h3-8H,9H2,1-2H3,(H,18,22)(H,19,20,21). The minimum atomic E-state index is -0.306. The highest BCUT2D eigenvalue weighted by Crippen LogP contribution is 2.17. The van der Waals surface area contributed by atoms with Crippen molar-refractivity contribution in [2.24, 2.45) is 0 Å². The molecule has 5 nitrogen and oxygen atoms in total. The van der Waals surface area contributed by atoms with E-state index < -0.39 is 0 Å². The fourth-order valence-corrected chi connectivity index (χ4v) is 2.22. The molecule has 0 saturated heterocycles.